The second kappa shape index (κ2) is 56.5. The van der Waals surface area contributed by atoms with E-state index in [2.05, 4.69) is 20.8 Å². The molecule has 0 radical (unpaired) electrons. The standard InChI is InChI=1S/3C16H32O2.C6H12O5/c3*1-2-3-4-5-6-7-8-9-10-11-12-13-14-15-16(17)18;7-1-4-6(10)5(9)3(8)2-11-4/h3*2-15H2,1H3,(H,17,18);3-10H,1-2H2/t;;;3-,4+,5+,6+/m...0/s1. The molecule has 0 aromatic rings. The number of aliphatic carboxylic acids is 3. The number of aliphatic hydroxyl groups is 4. The van der Waals surface area contributed by atoms with Gasteiger partial charge in [-0.1, -0.05) is 252 Å². The molecular weight excluding hydrogens is 825 g/mol. The number of aliphatic hydroxyl groups excluding tert-OH is 4. The van der Waals surface area contributed by atoms with Crippen molar-refractivity contribution >= 4 is 17.9 Å². The van der Waals surface area contributed by atoms with Crippen LogP contribution in [0.4, 0.5) is 0 Å². The Hall–Kier alpha value is -1.79. The first-order chi connectivity index (χ1) is 31.5. The van der Waals surface area contributed by atoms with Gasteiger partial charge in [0.25, 0.3) is 0 Å². The van der Waals surface area contributed by atoms with Gasteiger partial charge >= 0.3 is 17.9 Å². The first kappa shape index (κ1) is 67.5. The molecule has 1 rings (SSSR count). The summed E-state index contributed by atoms with van der Waals surface area (Å²) in [6.45, 7) is 6.37. The number of carboxylic acids is 3. The molecule has 11 nitrogen and oxygen atoms in total. The molecule has 0 aliphatic carbocycles. The van der Waals surface area contributed by atoms with E-state index in [1.807, 2.05) is 0 Å². The molecule has 1 heterocycles. The highest BCUT2D eigenvalue weighted by molar-refractivity contribution is 5.67. The lowest BCUT2D eigenvalue weighted by Gasteiger charge is -2.34. The molecule has 390 valence electrons. The summed E-state index contributed by atoms with van der Waals surface area (Å²) in [5.74, 6) is -1.96. The van der Waals surface area contributed by atoms with E-state index in [0.29, 0.717) is 19.3 Å². The maximum Gasteiger partial charge on any atom is 0.303 e. The molecule has 1 fully saturated rings. The van der Waals surface area contributed by atoms with E-state index in [9.17, 15) is 14.4 Å². The zero-order chi connectivity index (χ0) is 48.9. The van der Waals surface area contributed by atoms with Crippen LogP contribution in [0, 0.1) is 0 Å². The number of ether oxygens (including phenoxy) is 1. The smallest absolute Gasteiger partial charge is 0.303 e. The number of unbranched alkanes of at least 4 members (excludes halogenated alkanes) is 36. The second-order valence-electron chi connectivity index (χ2n) is 18.8. The summed E-state index contributed by atoms with van der Waals surface area (Å²) < 4.78 is 4.81. The Balaban J connectivity index is -0.000000799. The van der Waals surface area contributed by atoms with Crippen molar-refractivity contribution in [3.05, 3.63) is 0 Å². The third kappa shape index (κ3) is 58.3. The second-order valence-corrected chi connectivity index (χ2v) is 18.8. The van der Waals surface area contributed by atoms with Crippen LogP contribution < -0.4 is 0 Å². The van der Waals surface area contributed by atoms with E-state index >= 15 is 0 Å². The molecule has 1 saturated heterocycles. The van der Waals surface area contributed by atoms with Crippen LogP contribution in [0.25, 0.3) is 0 Å². The van der Waals surface area contributed by atoms with Crippen molar-refractivity contribution in [2.75, 3.05) is 13.2 Å². The van der Waals surface area contributed by atoms with Crippen LogP contribution in [0.2, 0.25) is 0 Å². The largest absolute Gasteiger partial charge is 0.481 e. The number of hydrogen-bond donors (Lipinski definition) is 7. The van der Waals surface area contributed by atoms with Gasteiger partial charge in [0, 0.05) is 19.3 Å². The summed E-state index contributed by atoms with van der Waals surface area (Å²) in [5, 5.41) is 61.2. The van der Waals surface area contributed by atoms with Crippen LogP contribution in [-0.2, 0) is 19.1 Å². The third-order valence-corrected chi connectivity index (χ3v) is 12.3. The van der Waals surface area contributed by atoms with Crippen LogP contribution in [0.15, 0.2) is 0 Å². The quantitative estimate of drug-likeness (QED) is 0.0287. The van der Waals surface area contributed by atoms with Gasteiger partial charge < -0.3 is 40.5 Å². The summed E-state index contributed by atoms with van der Waals surface area (Å²) in [6.07, 6.45) is 47.5. The molecule has 0 unspecified atom stereocenters. The van der Waals surface area contributed by atoms with Crippen molar-refractivity contribution in [1.29, 1.82) is 0 Å². The summed E-state index contributed by atoms with van der Waals surface area (Å²) in [6, 6.07) is 0. The van der Waals surface area contributed by atoms with Crippen LogP contribution in [0.3, 0.4) is 0 Å². The van der Waals surface area contributed by atoms with Gasteiger partial charge in [0.15, 0.2) is 0 Å². The summed E-state index contributed by atoms with van der Waals surface area (Å²) in [7, 11) is 0. The first-order valence-corrected chi connectivity index (χ1v) is 27.4. The highest BCUT2D eigenvalue weighted by Crippen LogP contribution is 2.17. The van der Waals surface area contributed by atoms with Gasteiger partial charge in [0.1, 0.15) is 24.4 Å². The van der Waals surface area contributed by atoms with Gasteiger partial charge in [-0.3, -0.25) is 14.4 Å². The van der Waals surface area contributed by atoms with Gasteiger partial charge in [-0.15, -0.1) is 0 Å². The Morgan fingerprint density at radius 3 is 0.738 bits per heavy atom. The predicted octanol–water partition coefficient (Wildman–Crippen LogP) is 14.1. The van der Waals surface area contributed by atoms with Crippen molar-refractivity contribution in [2.24, 2.45) is 0 Å². The Morgan fingerprint density at radius 2 is 0.554 bits per heavy atom. The predicted molar refractivity (Wildman–Crippen MR) is 269 cm³/mol. The molecule has 11 heteroatoms. The van der Waals surface area contributed by atoms with Crippen molar-refractivity contribution in [2.45, 2.75) is 315 Å². The molecule has 1 aliphatic rings. The summed E-state index contributed by atoms with van der Waals surface area (Å²) >= 11 is 0. The van der Waals surface area contributed by atoms with Crippen molar-refractivity contribution in [1.82, 2.24) is 0 Å². The fourth-order valence-corrected chi connectivity index (χ4v) is 7.91. The fourth-order valence-electron chi connectivity index (χ4n) is 7.91. The number of carboxylic acid groups (broad SMARTS) is 3. The van der Waals surface area contributed by atoms with Gasteiger partial charge in [-0.05, 0) is 19.3 Å². The molecule has 0 saturated carbocycles. The molecular formula is C54H108O11. The maximum absolute atomic E-state index is 10.3. The molecule has 4 atom stereocenters. The molecule has 1 aliphatic heterocycles. The molecule has 0 spiro atoms. The summed E-state index contributed by atoms with van der Waals surface area (Å²) in [4.78, 5) is 30.9. The van der Waals surface area contributed by atoms with Crippen LogP contribution in [-0.4, -0.2) is 91.3 Å². The Kier molecular flexibility index (Phi) is 58.7. The molecule has 0 aromatic carbocycles. The molecule has 0 bridgehead atoms. The van der Waals surface area contributed by atoms with Gasteiger partial charge in [0.2, 0.25) is 0 Å². The van der Waals surface area contributed by atoms with Gasteiger partial charge in [-0.25, -0.2) is 0 Å². The average molecular weight is 933 g/mol. The number of carbonyl (C=O) groups is 3. The lowest BCUT2D eigenvalue weighted by Crippen LogP contribution is -2.53. The normalized spacial score (nSPS) is 16.7. The monoisotopic (exact) mass is 933 g/mol. The lowest BCUT2D eigenvalue weighted by atomic mass is 10.0. The zero-order valence-corrected chi connectivity index (χ0v) is 42.7. The Morgan fingerprint density at radius 1 is 0.354 bits per heavy atom. The zero-order valence-electron chi connectivity index (χ0n) is 42.7. The van der Waals surface area contributed by atoms with Gasteiger partial charge in [-0.2, -0.15) is 0 Å². The number of rotatable bonds is 43. The van der Waals surface area contributed by atoms with E-state index in [0.717, 1.165) is 38.5 Å². The van der Waals surface area contributed by atoms with Crippen LogP contribution >= 0.6 is 0 Å². The Labute approximate surface area is 399 Å². The molecule has 7 N–H and O–H groups in total. The fraction of sp³-hybridized carbons (Fsp3) is 0.944. The van der Waals surface area contributed by atoms with Gasteiger partial charge in [0.05, 0.1) is 13.2 Å². The third-order valence-electron chi connectivity index (χ3n) is 12.3. The minimum Gasteiger partial charge on any atom is -0.481 e. The molecule has 65 heavy (non-hydrogen) atoms. The van der Waals surface area contributed by atoms with Crippen LogP contribution in [0.1, 0.15) is 290 Å². The topological polar surface area (TPSA) is 202 Å². The lowest BCUT2D eigenvalue weighted by molar-refractivity contribution is -0.195. The maximum atomic E-state index is 10.3. The Bertz CT molecular complexity index is 868. The molecule has 0 aromatic heterocycles. The van der Waals surface area contributed by atoms with Crippen molar-refractivity contribution < 1.29 is 54.9 Å². The van der Waals surface area contributed by atoms with E-state index in [1.54, 1.807) is 0 Å². The SMILES string of the molecule is CCCCCCCCCCCCCCCC(=O)O.CCCCCCCCCCCCCCCC(=O)O.CCCCCCCCCCCCCCCC(=O)O.OC[C@H]1OC[C@H](O)[C@@H](O)[C@@H]1O. The highest BCUT2D eigenvalue weighted by atomic mass is 16.5. The summed E-state index contributed by atoms with van der Waals surface area (Å²) in [5.41, 5.74) is 0. The van der Waals surface area contributed by atoms with Crippen molar-refractivity contribution in [3.63, 3.8) is 0 Å². The van der Waals surface area contributed by atoms with Crippen molar-refractivity contribution in [3.8, 4) is 0 Å². The highest BCUT2D eigenvalue weighted by Gasteiger charge is 2.36. The van der Waals surface area contributed by atoms with E-state index in [1.165, 1.54) is 212 Å². The van der Waals surface area contributed by atoms with E-state index in [-0.39, 0.29) is 13.2 Å². The molecule has 0 amide bonds. The minimum atomic E-state index is -1.22. The first-order valence-electron chi connectivity index (χ1n) is 27.4. The average Bonchev–Trinajstić information content (AvgIpc) is 3.28. The minimum absolute atomic E-state index is 0.0521. The van der Waals surface area contributed by atoms with E-state index in [4.69, 9.17) is 40.5 Å². The number of hydrogen-bond acceptors (Lipinski definition) is 8. The van der Waals surface area contributed by atoms with Crippen LogP contribution in [0.5, 0.6) is 0 Å². The van der Waals surface area contributed by atoms with E-state index < -0.39 is 42.3 Å².